The molecule has 0 unspecified atom stereocenters. The number of hydrogen-bond donors (Lipinski definition) is 1. The Kier molecular flexibility index (Phi) is 4.46. The molecule has 6 rings (SSSR count). The molecule has 1 aliphatic heterocycles. The van der Waals surface area contributed by atoms with E-state index in [-0.39, 0.29) is 5.91 Å². The zero-order valence-corrected chi connectivity index (χ0v) is 17.7. The predicted molar refractivity (Wildman–Crippen MR) is 120 cm³/mol. The summed E-state index contributed by atoms with van der Waals surface area (Å²) >= 11 is 1.34. The predicted octanol–water partition coefficient (Wildman–Crippen LogP) is 3.66. The zero-order valence-electron chi connectivity index (χ0n) is 16.8. The molecule has 0 saturated heterocycles. The van der Waals surface area contributed by atoms with E-state index >= 15 is 0 Å². The Morgan fingerprint density at radius 2 is 1.97 bits per heavy atom. The van der Waals surface area contributed by atoms with E-state index in [1.807, 2.05) is 53.4 Å². The van der Waals surface area contributed by atoms with Crippen molar-refractivity contribution in [2.24, 2.45) is 0 Å². The highest BCUT2D eigenvalue weighted by Crippen LogP contribution is 2.35. The van der Waals surface area contributed by atoms with Crippen LogP contribution in [0.25, 0.3) is 21.6 Å². The highest BCUT2D eigenvalue weighted by Gasteiger charge is 2.36. The Bertz CT molecular complexity index is 1430. The van der Waals surface area contributed by atoms with Crippen molar-refractivity contribution in [3.63, 3.8) is 0 Å². The van der Waals surface area contributed by atoms with Gasteiger partial charge in [-0.15, -0.1) is 11.3 Å². The van der Waals surface area contributed by atoms with Crippen molar-refractivity contribution in [2.75, 3.05) is 6.54 Å². The van der Waals surface area contributed by atoms with Crippen molar-refractivity contribution in [3.05, 3.63) is 89.2 Å². The minimum Gasteiger partial charge on any atom is -0.348 e. The van der Waals surface area contributed by atoms with Crippen molar-refractivity contribution in [1.82, 2.24) is 35.0 Å². The topological polar surface area (TPSA) is 101 Å². The number of nitrogens with one attached hydrogen (secondary N) is 1. The number of aromatic amines is 1. The summed E-state index contributed by atoms with van der Waals surface area (Å²) in [4.78, 5) is 32.5. The molecule has 1 aromatic carbocycles. The third kappa shape index (κ3) is 3.14. The molecule has 1 N–H and O–H groups in total. The van der Waals surface area contributed by atoms with Crippen LogP contribution in [-0.2, 0) is 6.42 Å². The van der Waals surface area contributed by atoms with Gasteiger partial charge in [-0.25, -0.2) is 9.97 Å². The third-order valence-electron chi connectivity index (χ3n) is 5.58. The number of carbonyl (C=O) groups excluding carboxylic acids is 1. The standard InChI is InChI=1S/C23H17N7OS/c31-23(19-12-25-22(32-19)17-7-3-4-9-24-17)30-10-8-16-20(27-13-26-16)21(30)18-11-14-5-1-2-6-15(14)28-29-18/h1-7,9,11-13,21H,8,10H2,(H,26,27)/t21-/m1/s1. The number of aromatic nitrogens is 6. The van der Waals surface area contributed by atoms with Gasteiger partial charge in [0.05, 0.1) is 35.1 Å². The molecular formula is C23H17N7OS. The maximum absolute atomic E-state index is 13.6. The van der Waals surface area contributed by atoms with Crippen molar-refractivity contribution in [2.45, 2.75) is 12.5 Å². The number of benzene rings is 1. The fourth-order valence-electron chi connectivity index (χ4n) is 4.05. The van der Waals surface area contributed by atoms with Gasteiger partial charge in [0.25, 0.3) is 5.91 Å². The van der Waals surface area contributed by atoms with Gasteiger partial charge in [0.1, 0.15) is 15.9 Å². The summed E-state index contributed by atoms with van der Waals surface area (Å²) in [5.41, 5.74) is 4.09. The number of hydrogen-bond acceptors (Lipinski definition) is 7. The van der Waals surface area contributed by atoms with Gasteiger partial charge in [-0.2, -0.15) is 10.2 Å². The van der Waals surface area contributed by atoms with E-state index in [9.17, 15) is 4.79 Å². The maximum atomic E-state index is 13.6. The molecule has 4 aromatic heterocycles. The first kappa shape index (κ1) is 18.8. The van der Waals surface area contributed by atoms with E-state index in [1.165, 1.54) is 11.3 Å². The van der Waals surface area contributed by atoms with Crippen LogP contribution in [-0.4, -0.2) is 47.5 Å². The summed E-state index contributed by atoms with van der Waals surface area (Å²) in [5.74, 6) is -0.0988. The molecule has 0 fully saturated rings. The maximum Gasteiger partial charge on any atom is 0.266 e. The van der Waals surface area contributed by atoms with Gasteiger partial charge in [-0.05, 0) is 24.3 Å². The van der Waals surface area contributed by atoms with Crippen LogP contribution in [0.4, 0.5) is 0 Å². The number of imidazole rings is 1. The summed E-state index contributed by atoms with van der Waals surface area (Å²) in [7, 11) is 0. The van der Waals surface area contributed by atoms with Crippen molar-refractivity contribution in [1.29, 1.82) is 0 Å². The summed E-state index contributed by atoms with van der Waals surface area (Å²) in [5, 5.41) is 10.5. The number of fused-ring (bicyclic) bond motifs is 2. The van der Waals surface area contributed by atoms with Crippen LogP contribution in [0.2, 0.25) is 0 Å². The molecule has 0 saturated carbocycles. The molecule has 0 radical (unpaired) electrons. The summed E-state index contributed by atoms with van der Waals surface area (Å²) < 4.78 is 0. The fourth-order valence-corrected chi connectivity index (χ4v) is 4.90. The van der Waals surface area contributed by atoms with Gasteiger partial charge in [0.15, 0.2) is 0 Å². The average Bonchev–Trinajstić information content (AvgIpc) is 3.53. The van der Waals surface area contributed by atoms with Crippen LogP contribution in [0.1, 0.15) is 32.8 Å². The van der Waals surface area contributed by atoms with Crippen molar-refractivity contribution in [3.8, 4) is 10.7 Å². The summed E-state index contributed by atoms with van der Waals surface area (Å²) in [6.45, 7) is 0.546. The van der Waals surface area contributed by atoms with E-state index in [4.69, 9.17) is 0 Å². The molecular weight excluding hydrogens is 422 g/mol. The van der Waals surface area contributed by atoms with Gasteiger partial charge in [-0.1, -0.05) is 24.3 Å². The molecule has 32 heavy (non-hydrogen) atoms. The SMILES string of the molecule is O=C(c1cnc(-c2ccccn2)s1)N1CCc2[nH]cnc2[C@H]1c1cc2ccccc2nn1. The fraction of sp³-hybridized carbons (Fsp3) is 0.130. The normalized spacial score (nSPS) is 15.6. The van der Waals surface area contributed by atoms with Gasteiger partial charge in [0, 0.05) is 30.2 Å². The van der Waals surface area contributed by atoms with E-state index in [1.54, 1.807) is 18.7 Å². The first-order valence-electron chi connectivity index (χ1n) is 10.2. The average molecular weight is 440 g/mol. The van der Waals surface area contributed by atoms with Crippen LogP contribution in [0.5, 0.6) is 0 Å². The van der Waals surface area contributed by atoms with Gasteiger partial charge in [0.2, 0.25) is 0 Å². The molecule has 0 aliphatic carbocycles. The Hall–Kier alpha value is -3.98. The highest BCUT2D eigenvalue weighted by molar-refractivity contribution is 7.16. The van der Waals surface area contributed by atoms with Gasteiger partial charge >= 0.3 is 0 Å². The summed E-state index contributed by atoms with van der Waals surface area (Å²) in [6, 6.07) is 15.0. The lowest BCUT2D eigenvalue weighted by molar-refractivity contribution is 0.0691. The minimum atomic E-state index is -0.421. The van der Waals surface area contributed by atoms with Crippen LogP contribution >= 0.6 is 11.3 Å². The molecule has 5 aromatic rings. The van der Waals surface area contributed by atoms with Crippen LogP contribution in [0.15, 0.2) is 67.3 Å². The quantitative estimate of drug-likeness (QED) is 0.460. The zero-order chi connectivity index (χ0) is 21.5. The second-order valence-electron chi connectivity index (χ2n) is 7.49. The van der Waals surface area contributed by atoms with Gasteiger partial charge in [-0.3, -0.25) is 9.78 Å². The minimum absolute atomic E-state index is 0.0988. The third-order valence-corrected chi connectivity index (χ3v) is 6.59. The Labute approximate surface area is 187 Å². The molecule has 1 aliphatic rings. The number of carbonyl (C=O) groups is 1. The number of amides is 1. The largest absolute Gasteiger partial charge is 0.348 e. The van der Waals surface area contributed by atoms with E-state index in [0.717, 1.165) is 28.0 Å². The monoisotopic (exact) mass is 439 g/mol. The van der Waals surface area contributed by atoms with Crippen LogP contribution in [0.3, 0.4) is 0 Å². The molecule has 1 amide bonds. The molecule has 1 atom stereocenters. The molecule has 0 spiro atoms. The molecule has 0 bridgehead atoms. The van der Waals surface area contributed by atoms with Crippen molar-refractivity contribution >= 4 is 28.1 Å². The van der Waals surface area contributed by atoms with Crippen LogP contribution < -0.4 is 0 Å². The number of nitrogens with zero attached hydrogens (tertiary/aromatic N) is 6. The number of rotatable bonds is 3. The summed E-state index contributed by atoms with van der Waals surface area (Å²) in [6.07, 6.45) is 5.72. The van der Waals surface area contributed by atoms with E-state index < -0.39 is 6.04 Å². The Morgan fingerprint density at radius 1 is 1.06 bits per heavy atom. The number of pyridine rings is 1. The molecule has 156 valence electrons. The van der Waals surface area contributed by atoms with E-state index in [0.29, 0.717) is 28.5 Å². The lowest BCUT2D eigenvalue weighted by Crippen LogP contribution is -2.41. The number of thiazole rings is 1. The second-order valence-corrected chi connectivity index (χ2v) is 8.52. The van der Waals surface area contributed by atoms with Gasteiger partial charge < -0.3 is 9.88 Å². The molecule has 9 heteroatoms. The smallest absolute Gasteiger partial charge is 0.266 e. The Balaban J connectivity index is 1.40. The second kappa shape index (κ2) is 7.61. The lowest BCUT2D eigenvalue weighted by Gasteiger charge is -2.34. The Morgan fingerprint density at radius 3 is 2.88 bits per heavy atom. The van der Waals surface area contributed by atoms with Crippen LogP contribution in [0, 0.1) is 0 Å². The molecule has 5 heterocycles. The lowest BCUT2D eigenvalue weighted by atomic mass is 9.98. The first-order valence-corrected chi connectivity index (χ1v) is 11.0. The highest BCUT2D eigenvalue weighted by atomic mass is 32.1. The van der Waals surface area contributed by atoms with E-state index in [2.05, 4.69) is 30.1 Å². The first-order chi connectivity index (χ1) is 15.8. The number of H-pyrrole nitrogens is 1. The molecule has 8 nitrogen and oxygen atoms in total. The van der Waals surface area contributed by atoms with Crippen molar-refractivity contribution < 1.29 is 4.79 Å².